The molecule has 1 aliphatic carbocycles. The number of aromatic nitrogens is 1. The van der Waals surface area contributed by atoms with E-state index in [1.54, 1.807) is 0 Å². The third-order valence-electron chi connectivity index (χ3n) is 2.66. The topological polar surface area (TPSA) is 71.2 Å². The maximum Gasteiger partial charge on any atom is 0.258 e. The summed E-state index contributed by atoms with van der Waals surface area (Å²) in [4.78, 5) is 13.9. The molecule has 0 atom stereocenters. The Morgan fingerprint density at radius 2 is 2.38 bits per heavy atom. The predicted molar refractivity (Wildman–Crippen MR) is 66.0 cm³/mol. The van der Waals surface area contributed by atoms with Gasteiger partial charge in [0, 0.05) is 19.6 Å². The summed E-state index contributed by atoms with van der Waals surface area (Å²) in [5.74, 6) is 0.238. The average Bonchev–Trinajstić information content (AvgIpc) is 2.98. The highest BCUT2D eigenvalue weighted by atomic mass is 32.1. The number of amides is 1. The van der Waals surface area contributed by atoms with Crippen molar-refractivity contribution < 1.29 is 4.79 Å². The van der Waals surface area contributed by atoms with E-state index in [2.05, 4.69) is 9.69 Å². The van der Waals surface area contributed by atoms with Gasteiger partial charge in [-0.1, -0.05) is 0 Å². The lowest BCUT2D eigenvalue weighted by molar-refractivity contribution is 0.0952. The van der Waals surface area contributed by atoms with Gasteiger partial charge in [-0.3, -0.25) is 4.79 Å². The van der Waals surface area contributed by atoms with Gasteiger partial charge in [0.25, 0.3) is 5.91 Å². The van der Waals surface area contributed by atoms with Crippen molar-refractivity contribution in [3.63, 3.8) is 0 Å². The summed E-state index contributed by atoms with van der Waals surface area (Å²) in [7, 11) is 1.93. The molecule has 0 radical (unpaired) electrons. The van der Waals surface area contributed by atoms with E-state index in [-0.39, 0.29) is 5.91 Å². The SMILES string of the molecule is CCN(C)c1snc(N)c1C(=O)NC1CC1. The monoisotopic (exact) mass is 240 g/mol. The number of hydrogen-bond acceptors (Lipinski definition) is 5. The molecule has 5 nitrogen and oxygen atoms in total. The smallest absolute Gasteiger partial charge is 0.258 e. The summed E-state index contributed by atoms with van der Waals surface area (Å²) in [6, 6.07) is 0.339. The number of nitrogens with one attached hydrogen (secondary N) is 1. The zero-order valence-corrected chi connectivity index (χ0v) is 10.3. The first-order valence-electron chi connectivity index (χ1n) is 5.40. The fraction of sp³-hybridized carbons (Fsp3) is 0.600. The van der Waals surface area contributed by atoms with Crippen molar-refractivity contribution in [2.24, 2.45) is 0 Å². The van der Waals surface area contributed by atoms with Gasteiger partial charge in [0.1, 0.15) is 10.6 Å². The third-order valence-corrected chi connectivity index (χ3v) is 3.64. The van der Waals surface area contributed by atoms with Crippen molar-refractivity contribution in [2.75, 3.05) is 24.2 Å². The van der Waals surface area contributed by atoms with Crippen molar-refractivity contribution in [1.82, 2.24) is 9.69 Å². The summed E-state index contributed by atoms with van der Waals surface area (Å²) in [5.41, 5.74) is 6.27. The van der Waals surface area contributed by atoms with E-state index >= 15 is 0 Å². The van der Waals surface area contributed by atoms with Crippen LogP contribution in [0.4, 0.5) is 10.8 Å². The Labute approximate surface area is 98.8 Å². The van der Waals surface area contributed by atoms with E-state index in [0.29, 0.717) is 17.4 Å². The number of hydrogen-bond donors (Lipinski definition) is 2. The molecule has 88 valence electrons. The average molecular weight is 240 g/mol. The first kappa shape index (κ1) is 11.2. The minimum Gasteiger partial charge on any atom is -0.382 e. The van der Waals surface area contributed by atoms with Gasteiger partial charge >= 0.3 is 0 Å². The van der Waals surface area contributed by atoms with Crippen LogP contribution in [0.25, 0.3) is 0 Å². The van der Waals surface area contributed by atoms with Crippen LogP contribution in [0.5, 0.6) is 0 Å². The number of nitrogen functional groups attached to an aromatic ring is 1. The van der Waals surface area contributed by atoms with Gasteiger partial charge in [-0.15, -0.1) is 0 Å². The van der Waals surface area contributed by atoms with Crippen LogP contribution in [0, 0.1) is 0 Å². The van der Waals surface area contributed by atoms with E-state index in [1.807, 2.05) is 18.9 Å². The van der Waals surface area contributed by atoms with Crippen LogP contribution in [0.1, 0.15) is 30.1 Å². The molecule has 1 saturated carbocycles. The Bertz CT molecular complexity index is 400. The van der Waals surface area contributed by atoms with Gasteiger partial charge in [-0.2, -0.15) is 4.37 Å². The van der Waals surface area contributed by atoms with Crippen molar-refractivity contribution in [1.29, 1.82) is 0 Å². The molecular formula is C10H16N4OS. The van der Waals surface area contributed by atoms with Crippen LogP contribution in [-0.2, 0) is 0 Å². The van der Waals surface area contributed by atoms with E-state index in [1.165, 1.54) is 11.5 Å². The Morgan fingerprint density at radius 1 is 1.69 bits per heavy atom. The number of carbonyl (C=O) groups excluding carboxylic acids is 1. The van der Waals surface area contributed by atoms with Gasteiger partial charge in [0.15, 0.2) is 5.82 Å². The second-order valence-electron chi connectivity index (χ2n) is 4.01. The van der Waals surface area contributed by atoms with Crippen LogP contribution < -0.4 is 16.0 Å². The number of nitrogens with zero attached hydrogens (tertiary/aromatic N) is 2. The largest absolute Gasteiger partial charge is 0.382 e. The zero-order valence-electron chi connectivity index (χ0n) is 9.49. The number of rotatable bonds is 4. The molecule has 2 rings (SSSR count). The van der Waals surface area contributed by atoms with Crippen LogP contribution in [-0.4, -0.2) is 29.9 Å². The molecule has 0 aromatic carbocycles. The summed E-state index contributed by atoms with van der Waals surface area (Å²) < 4.78 is 4.05. The molecule has 0 saturated heterocycles. The number of anilines is 2. The maximum absolute atomic E-state index is 12.0. The lowest BCUT2D eigenvalue weighted by Crippen LogP contribution is -2.28. The first-order valence-corrected chi connectivity index (χ1v) is 6.18. The van der Waals surface area contributed by atoms with Gasteiger partial charge in [0.05, 0.1) is 0 Å². The Hall–Kier alpha value is -1.30. The molecule has 1 aliphatic rings. The standard InChI is InChI=1S/C10H16N4OS/c1-3-14(2)10-7(8(11)13-16-10)9(15)12-6-4-5-6/h6H,3-5H2,1-2H3,(H2,11,13)(H,12,15). The summed E-state index contributed by atoms with van der Waals surface area (Å²) in [5, 5.41) is 3.78. The molecule has 0 spiro atoms. The molecule has 1 amide bonds. The van der Waals surface area contributed by atoms with Crippen LogP contribution in [0.2, 0.25) is 0 Å². The molecular weight excluding hydrogens is 224 g/mol. The first-order chi connectivity index (χ1) is 7.63. The minimum atomic E-state index is -0.0935. The van der Waals surface area contributed by atoms with E-state index in [4.69, 9.17) is 5.73 Å². The fourth-order valence-electron chi connectivity index (χ4n) is 1.40. The summed E-state index contributed by atoms with van der Waals surface area (Å²) >= 11 is 1.27. The van der Waals surface area contributed by atoms with Crippen LogP contribution in [0.15, 0.2) is 0 Å². The highest BCUT2D eigenvalue weighted by Gasteiger charge is 2.28. The lowest BCUT2D eigenvalue weighted by Gasteiger charge is -2.15. The Balaban J connectivity index is 2.22. The molecule has 1 aromatic rings. The third kappa shape index (κ3) is 2.11. The van der Waals surface area contributed by atoms with Gasteiger partial charge in [-0.05, 0) is 31.3 Å². The van der Waals surface area contributed by atoms with E-state index < -0.39 is 0 Å². The summed E-state index contributed by atoms with van der Waals surface area (Å²) in [6.45, 7) is 2.85. The number of carbonyl (C=O) groups is 1. The molecule has 6 heteroatoms. The fourth-order valence-corrected chi connectivity index (χ4v) is 2.23. The highest BCUT2D eigenvalue weighted by Crippen LogP contribution is 2.30. The van der Waals surface area contributed by atoms with Crippen molar-refractivity contribution in [3.05, 3.63) is 5.56 Å². The molecule has 1 fully saturated rings. The van der Waals surface area contributed by atoms with Gasteiger partial charge < -0.3 is 16.0 Å². The van der Waals surface area contributed by atoms with Crippen LogP contribution >= 0.6 is 11.5 Å². The van der Waals surface area contributed by atoms with Crippen molar-refractivity contribution in [3.8, 4) is 0 Å². The van der Waals surface area contributed by atoms with Crippen LogP contribution in [0.3, 0.4) is 0 Å². The molecule has 3 N–H and O–H groups in total. The molecule has 16 heavy (non-hydrogen) atoms. The maximum atomic E-state index is 12.0. The van der Waals surface area contributed by atoms with E-state index in [0.717, 1.165) is 24.4 Å². The van der Waals surface area contributed by atoms with Crippen molar-refractivity contribution in [2.45, 2.75) is 25.8 Å². The molecule has 0 unspecified atom stereocenters. The summed E-state index contributed by atoms with van der Waals surface area (Å²) in [6.07, 6.45) is 2.14. The predicted octanol–water partition coefficient (Wildman–Crippen LogP) is 1.07. The van der Waals surface area contributed by atoms with Crippen molar-refractivity contribution >= 4 is 28.3 Å². The van der Waals surface area contributed by atoms with Gasteiger partial charge in [-0.25, -0.2) is 0 Å². The number of nitrogens with two attached hydrogens (primary N) is 1. The quantitative estimate of drug-likeness (QED) is 0.826. The second-order valence-corrected chi connectivity index (χ2v) is 4.76. The molecule has 1 aromatic heterocycles. The molecule has 0 bridgehead atoms. The highest BCUT2D eigenvalue weighted by molar-refractivity contribution is 7.11. The molecule has 1 heterocycles. The van der Waals surface area contributed by atoms with E-state index in [9.17, 15) is 4.79 Å². The minimum absolute atomic E-state index is 0.0935. The lowest BCUT2D eigenvalue weighted by atomic mass is 10.2. The zero-order chi connectivity index (χ0) is 11.7. The normalized spacial score (nSPS) is 14.9. The van der Waals surface area contributed by atoms with Gasteiger partial charge in [0.2, 0.25) is 0 Å². The Morgan fingerprint density at radius 3 is 2.94 bits per heavy atom. The molecule has 0 aliphatic heterocycles. The Kier molecular flexibility index (Phi) is 3.00. The second kappa shape index (κ2) is 4.29.